The molecule has 1 fully saturated rings. The van der Waals surface area contributed by atoms with Gasteiger partial charge >= 0.3 is 0 Å². The lowest BCUT2D eigenvalue weighted by molar-refractivity contribution is -0.0375. The molecule has 0 spiro atoms. The average molecular weight is 361 g/mol. The fourth-order valence-electron chi connectivity index (χ4n) is 2.97. The van der Waals surface area contributed by atoms with Crippen molar-refractivity contribution in [2.45, 2.75) is 25.5 Å². The van der Waals surface area contributed by atoms with E-state index >= 15 is 0 Å². The standard InChI is InChI=1S/C17H14ClFN4O2/c18-14-7-5-12(20-21-14)16(24)10-4-6-13-11(9-10)17(19)22-23(13)15-3-1-2-8-25-15/h4-7,9,15H,1-3,8H2. The Labute approximate surface area is 147 Å². The molecule has 1 atom stereocenters. The van der Waals surface area contributed by atoms with Gasteiger partial charge in [0, 0.05) is 12.2 Å². The van der Waals surface area contributed by atoms with Crippen molar-refractivity contribution >= 4 is 28.3 Å². The Balaban J connectivity index is 1.72. The SMILES string of the molecule is O=C(c1ccc2c(c1)c(F)nn2C1CCCCO1)c1ccc(Cl)nn1. The minimum Gasteiger partial charge on any atom is -0.356 e. The van der Waals surface area contributed by atoms with E-state index in [0.29, 0.717) is 17.7 Å². The van der Waals surface area contributed by atoms with E-state index in [9.17, 15) is 9.18 Å². The number of ether oxygens (including phenoxy) is 1. The molecule has 8 heteroatoms. The zero-order valence-corrected chi connectivity index (χ0v) is 13.9. The zero-order valence-electron chi connectivity index (χ0n) is 13.2. The molecule has 1 aliphatic rings. The Morgan fingerprint density at radius 3 is 2.84 bits per heavy atom. The minimum absolute atomic E-state index is 0.146. The normalized spacial score (nSPS) is 17.8. The summed E-state index contributed by atoms with van der Waals surface area (Å²) in [5.74, 6) is -0.979. The quantitative estimate of drug-likeness (QED) is 0.668. The largest absolute Gasteiger partial charge is 0.356 e. The first-order valence-electron chi connectivity index (χ1n) is 7.97. The van der Waals surface area contributed by atoms with Crippen molar-refractivity contribution < 1.29 is 13.9 Å². The molecular weight excluding hydrogens is 347 g/mol. The third-order valence-corrected chi connectivity index (χ3v) is 4.42. The van der Waals surface area contributed by atoms with E-state index in [4.69, 9.17) is 16.3 Å². The van der Waals surface area contributed by atoms with Gasteiger partial charge in [0.15, 0.2) is 11.4 Å². The van der Waals surface area contributed by atoms with Gasteiger partial charge in [0.2, 0.25) is 11.7 Å². The van der Waals surface area contributed by atoms with Crippen molar-refractivity contribution in [3.05, 3.63) is 52.7 Å². The molecule has 0 N–H and O–H groups in total. The Morgan fingerprint density at radius 1 is 1.24 bits per heavy atom. The fraction of sp³-hybridized carbons (Fsp3) is 0.294. The first kappa shape index (κ1) is 16.1. The molecule has 0 radical (unpaired) electrons. The second-order valence-electron chi connectivity index (χ2n) is 5.86. The summed E-state index contributed by atoms with van der Waals surface area (Å²) >= 11 is 5.68. The molecule has 3 heterocycles. The number of carbonyl (C=O) groups is 1. The molecule has 128 valence electrons. The zero-order chi connectivity index (χ0) is 17.4. The van der Waals surface area contributed by atoms with Crippen LogP contribution >= 0.6 is 11.6 Å². The number of carbonyl (C=O) groups excluding carboxylic acids is 1. The number of ketones is 1. The number of hydrogen-bond donors (Lipinski definition) is 0. The van der Waals surface area contributed by atoms with E-state index in [1.54, 1.807) is 16.8 Å². The number of hydrogen-bond acceptors (Lipinski definition) is 5. The van der Waals surface area contributed by atoms with Crippen LogP contribution in [0.1, 0.15) is 41.5 Å². The van der Waals surface area contributed by atoms with Crippen LogP contribution in [-0.2, 0) is 4.74 Å². The summed E-state index contributed by atoms with van der Waals surface area (Å²) in [5, 5.41) is 11.9. The van der Waals surface area contributed by atoms with Gasteiger partial charge in [0.05, 0.1) is 10.9 Å². The van der Waals surface area contributed by atoms with Crippen molar-refractivity contribution in [1.82, 2.24) is 20.0 Å². The van der Waals surface area contributed by atoms with Gasteiger partial charge in [0.25, 0.3) is 0 Å². The highest BCUT2D eigenvalue weighted by molar-refractivity contribution is 6.29. The van der Waals surface area contributed by atoms with Gasteiger partial charge in [-0.2, -0.15) is 4.39 Å². The van der Waals surface area contributed by atoms with Crippen molar-refractivity contribution in [3.8, 4) is 0 Å². The number of nitrogens with zero attached hydrogens (tertiary/aromatic N) is 4. The van der Waals surface area contributed by atoms with Crippen LogP contribution in [-0.4, -0.2) is 32.4 Å². The molecule has 0 bridgehead atoms. The molecule has 3 aromatic rings. The molecule has 2 aromatic heterocycles. The van der Waals surface area contributed by atoms with Crippen LogP contribution in [0.25, 0.3) is 10.9 Å². The lowest BCUT2D eigenvalue weighted by Crippen LogP contribution is -2.19. The van der Waals surface area contributed by atoms with Crippen molar-refractivity contribution in [2.75, 3.05) is 6.61 Å². The van der Waals surface area contributed by atoms with Gasteiger partial charge in [-0.25, -0.2) is 4.68 Å². The number of fused-ring (bicyclic) bond motifs is 1. The van der Waals surface area contributed by atoms with E-state index in [-0.39, 0.29) is 28.2 Å². The van der Waals surface area contributed by atoms with E-state index in [0.717, 1.165) is 19.3 Å². The van der Waals surface area contributed by atoms with Gasteiger partial charge in [-0.3, -0.25) is 4.79 Å². The summed E-state index contributed by atoms with van der Waals surface area (Å²) in [4.78, 5) is 12.5. The van der Waals surface area contributed by atoms with Gasteiger partial charge < -0.3 is 4.74 Å². The number of benzene rings is 1. The molecule has 1 aliphatic heterocycles. The molecule has 1 saturated heterocycles. The van der Waals surface area contributed by atoms with Gasteiger partial charge in [-0.1, -0.05) is 11.6 Å². The van der Waals surface area contributed by atoms with Crippen LogP contribution in [0.2, 0.25) is 5.15 Å². The molecule has 0 aliphatic carbocycles. The van der Waals surface area contributed by atoms with Crippen molar-refractivity contribution in [1.29, 1.82) is 0 Å². The Hall–Kier alpha value is -2.38. The average Bonchev–Trinajstić information content (AvgIpc) is 2.99. The van der Waals surface area contributed by atoms with E-state index in [1.807, 2.05) is 0 Å². The lowest BCUT2D eigenvalue weighted by atomic mass is 10.1. The highest BCUT2D eigenvalue weighted by atomic mass is 35.5. The fourth-order valence-corrected chi connectivity index (χ4v) is 3.07. The predicted molar refractivity (Wildman–Crippen MR) is 89.0 cm³/mol. The maximum atomic E-state index is 14.3. The molecule has 25 heavy (non-hydrogen) atoms. The summed E-state index contributed by atoms with van der Waals surface area (Å²) in [6.07, 6.45) is 2.53. The highest BCUT2D eigenvalue weighted by Crippen LogP contribution is 2.28. The van der Waals surface area contributed by atoms with Crippen LogP contribution in [0.15, 0.2) is 30.3 Å². The topological polar surface area (TPSA) is 69.9 Å². The van der Waals surface area contributed by atoms with Gasteiger partial charge in [0.1, 0.15) is 5.69 Å². The Bertz CT molecular complexity index is 936. The minimum atomic E-state index is -0.624. The van der Waals surface area contributed by atoms with Gasteiger partial charge in [-0.05, 0) is 49.6 Å². The summed E-state index contributed by atoms with van der Waals surface area (Å²) in [7, 11) is 0. The first-order chi connectivity index (χ1) is 12.1. The molecule has 1 unspecified atom stereocenters. The molecule has 0 saturated carbocycles. The second-order valence-corrected chi connectivity index (χ2v) is 6.25. The number of aromatic nitrogens is 4. The van der Waals surface area contributed by atoms with E-state index in [1.165, 1.54) is 18.2 Å². The summed E-state index contributed by atoms with van der Waals surface area (Å²) in [5.41, 5.74) is 1.06. The number of rotatable bonds is 3. The van der Waals surface area contributed by atoms with Crippen LogP contribution in [0, 0.1) is 5.95 Å². The Kier molecular flexibility index (Phi) is 4.19. The molecular formula is C17H14ClFN4O2. The van der Waals surface area contributed by atoms with Crippen LogP contribution in [0.5, 0.6) is 0 Å². The van der Waals surface area contributed by atoms with E-state index < -0.39 is 5.95 Å². The summed E-state index contributed by atoms with van der Waals surface area (Å²) in [6.45, 7) is 0.638. The maximum absolute atomic E-state index is 14.3. The first-order valence-corrected chi connectivity index (χ1v) is 8.34. The van der Waals surface area contributed by atoms with E-state index in [2.05, 4.69) is 15.3 Å². The molecule has 0 amide bonds. The molecule has 6 nitrogen and oxygen atoms in total. The van der Waals surface area contributed by atoms with Gasteiger partial charge in [-0.15, -0.1) is 15.3 Å². The summed E-state index contributed by atoms with van der Waals surface area (Å²) in [6, 6.07) is 7.76. The van der Waals surface area contributed by atoms with Crippen molar-refractivity contribution in [3.63, 3.8) is 0 Å². The predicted octanol–water partition coefficient (Wildman–Crippen LogP) is 3.55. The van der Waals surface area contributed by atoms with Crippen LogP contribution in [0.3, 0.4) is 0 Å². The van der Waals surface area contributed by atoms with Crippen LogP contribution < -0.4 is 0 Å². The maximum Gasteiger partial charge on any atom is 0.240 e. The third kappa shape index (κ3) is 3.01. The van der Waals surface area contributed by atoms with Crippen LogP contribution in [0.4, 0.5) is 4.39 Å². The molecule has 1 aromatic carbocycles. The molecule has 4 rings (SSSR count). The smallest absolute Gasteiger partial charge is 0.240 e. The Morgan fingerprint density at radius 2 is 2.12 bits per heavy atom. The second kappa shape index (κ2) is 6.50. The summed E-state index contributed by atoms with van der Waals surface area (Å²) < 4.78 is 21.6. The highest BCUT2D eigenvalue weighted by Gasteiger charge is 2.22. The number of halogens is 2. The monoisotopic (exact) mass is 360 g/mol. The van der Waals surface area contributed by atoms with Crippen molar-refractivity contribution in [2.24, 2.45) is 0 Å². The lowest BCUT2D eigenvalue weighted by Gasteiger charge is -2.23. The third-order valence-electron chi connectivity index (χ3n) is 4.22.